The Kier molecular flexibility index (Phi) is 9.13. The van der Waals surface area contributed by atoms with E-state index in [0.29, 0.717) is 0 Å². The van der Waals surface area contributed by atoms with Gasteiger partial charge in [-0.1, -0.05) is 27.7 Å². The van der Waals surface area contributed by atoms with Crippen molar-refractivity contribution in [1.29, 1.82) is 0 Å². The Balaban J connectivity index is 0.00000162. The zero-order chi connectivity index (χ0) is 12.4. The predicted molar refractivity (Wildman–Crippen MR) is 72.3 cm³/mol. The molecule has 2 radical (unpaired) electrons. The molecule has 0 aromatic heterocycles. The van der Waals surface area contributed by atoms with E-state index in [-0.39, 0.29) is 65.4 Å². The third kappa shape index (κ3) is 6.30. The monoisotopic (exact) mass is 400 g/mol. The van der Waals surface area contributed by atoms with E-state index >= 15 is 0 Å². The average Bonchev–Trinajstić information content (AvgIpc) is 2.13. The number of aryl methyl sites for hydroxylation is 4. The maximum atomic E-state index is 3.31. The van der Waals surface area contributed by atoms with Crippen molar-refractivity contribution < 1.29 is 65.4 Å². The molecule has 0 saturated heterocycles. The number of benzene rings is 2. The molecule has 0 amide bonds. The summed E-state index contributed by atoms with van der Waals surface area (Å²) in [6, 6.07) is 15.5. The van der Waals surface area contributed by atoms with Gasteiger partial charge in [0, 0.05) is 65.4 Å². The van der Waals surface area contributed by atoms with E-state index in [4.69, 9.17) is 0 Å². The van der Waals surface area contributed by atoms with E-state index in [0.717, 1.165) is 6.42 Å². The molecular formula is C17H18Y2-2. The molecule has 19 heavy (non-hydrogen) atoms. The van der Waals surface area contributed by atoms with E-state index in [1.165, 1.54) is 33.4 Å². The summed E-state index contributed by atoms with van der Waals surface area (Å²) >= 11 is 0. The zero-order valence-corrected chi connectivity index (χ0v) is 17.8. The van der Waals surface area contributed by atoms with E-state index in [1.54, 1.807) is 0 Å². The molecule has 0 N–H and O–H groups in total. The Morgan fingerprint density at radius 1 is 0.632 bits per heavy atom. The van der Waals surface area contributed by atoms with Crippen molar-refractivity contribution in [2.45, 2.75) is 34.1 Å². The minimum atomic E-state index is 0. The first kappa shape index (κ1) is 19.6. The van der Waals surface area contributed by atoms with Gasteiger partial charge in [0.2, 0.25) is 0 Å². The smallest absolute Gasteiger partial charge is 0 e. The molecule has 0 saturated carbocycles. The Labute approximate surface area is 167 Å². The second kappa shape index (κ2) is 8.83. The number of rotatable bonds is 2. The average molecular weight is 400 g/mol. The maximum Gasteiger partial charge on any atom is 0 e. The zero-order valence-electron chi connectivity index (χ0n) is 12.2. The van der Waals surface area contributed by atoms with Gasteiger partial charge in [-0.2, -0.15) is 69.8 Å². The minimum absolute atomic E-state index is 0. The van der Waals surface area contributed by atoms with E-state index < -0.39 is 0 Å². The van der Waals surface area contributed by atoms with Crippen LogP contribution in [0.3, 0.4) is 0 Å². The summed E-state index contributed by atoms with van der Waals surface area (Å²) in [4.78, 5) is 0. The summed E-state index contributed by atoms with van der Waals surface area (Å²) in [5.74, 6) is 0. The van der Waals surface area contributed by atoms with Crippen LogP contribution in [0.2, 0.25) is 0 Å². The summed E-state index contributed by atoms with van der Waals surface area (Å²) in [6.07, 6.45) is 0.993. The SMILES string of the molecule is Cc1[c-]c(C)cc(Cc2cc(C)[c-]c(C)c2)c1.[Y].[Y]. The third-order valence-electron chi connectivity index (χ3n) is 2.80. The molecule has 0 fully saturated rings. The first-order chi connectivity index (χ1) is 8.02. The van der Waals surface area contributed by atoms with Crippen LogP contribution in [-0.4, -0.2) is 0 Å². The molecule has 0 aliphatic rings. The van der Waals surface area contributed by atoms with Crippen molar-refractivity contribution in [2.75, 3.05) is 0 Å². The molecule has 2 aromatic carbocycles. The molecule has 0 spiro atoms. The van der Waals surface area contributed by atoms with Gasteiger partial charge in [-0.3, -0.25) is 0 Å². The van der Waals surface area contributed by atoms with Gasteiger partial charge in [-0.25, -0.2) is 0 Å². The molecule has 2 heteroatoms. The minimum Gasteiger partial charge on any atom is -0.177 e. The molecule has 0 atom stereocenters. The van der Waals surface area contributed by atoms with Crippen LogP contribution in [0.5, 0.6) is 0 Å². The van der Waals surface area contributed by atoms with Gasteiger partial charge in [0.25, 0.3) is 0 Å². The molecule has 94 valence electrons. The van der Waals surface area contributed by atoms with Gasteiger partial charge < -0.3 is 0 Å². The number of hydrogen-bond acceptors (Lipinski definition) is 0. The molecule has 2 rings (SSSR count). The van der Waals surface area contributed by atoms with Crippen LogP contribution in [-0.2, 0) is 71.8 Å². The molecule has 2 aromatic rings. The summed E-state index contributed by atoms with van der Waals surface area (Å²) in [7, 11) is 0. The van der Waals surface area contributed by atoms with Crippen LogP contribution >= 0.6 is 0 Å². The van der Waals surface area contributed by atoms with Gasteiger partial charge in [0.05, 0.1) is 0 Å². The Morgan fingerprint density at radius 2 is 0.895 bits per heavy atom. The topological polar surface area (TPSA) is 0 Å². The van der Waals surface area contributed by atoms with Crippen LogP contribution in [0.25, 0.3) is 0 Å². The Bertz CT molecular complexity index is 455. The second-order valence-corrected chi connectivity index (χ2v) is 4.89. The van der Waals surface area contributed by atoms with Crippen LogP contribution in [0.15, 0.2) is 24.3 Å². The quantitative estimate of drug-likeness (QED) is 0.666. The van der Waals surface area contributed by atoms with Crippen molar-refractivity contribution in [3.63, 3.8) is 0 Å². The first-order valence-corrected chi connectivity index (χ1v) is 6.02. The fourth-order valence-corrected chi connectivity index (χ4v) is 2.40. The van der Waals surface area contributed by atoms with E-state index in [2.05, 4.69) is 64.1 Å². The standard InChI is InChI=1S/C17H18.2Y/c1-12-5-13(2)8-16(7-12)11-17-9-14(3)6-15(4)10-17;;/h7-10H,11H2,1-4H3;;/q-2;;. The predicted octanol–water partition coefficient (Wildman–Crippen LogP) is 4.11. The van der Waals surface area contributed by atoms with Gasteiger partial charge in [-0.15, -0.1) is 0 Å². The van der Waals surface area contributed by atoms with Gasteiger partial charge >= 0.3 is 0 Å². The summed E-state index contributed by atoms with van der Waals surface area (Å²) < 4.78 is 0. The Morgan fingerprint density at radius 3 is 1.16 bits per heavy atom. The van der Waals surface area contributed by atoms with Crippen molar-refractivity contribution in [3.05, 3.63) is 69.8 Å². The molecule has 0 aliphatic carbocycles. The Hall–Kier alpha value is 0.648. The normalized spacial score (nSPS) is 9.47. The van der Waals surface area contributed by atoms with Crippen LogP contribution in [0.1, 0.15) is 33.4 Å². The van der Waals surface area contributed by atoms with Gasteiger partial charge in [-0.05, 0) is 6.42 Å². The number of hydrogen-bond donors (Lipinski definition) is 0. The largest absolute Gasteiger partial charge is 0.177 e. The van der Waals surface area contributed by atoms with Crippen molar-refractivity contribution in [2.24, 2.45) is 0 Å². The maximum absolute atomic E-state index is 3.31. The summed E-state index contributed by atoms with van der Waals surface area (Å²) in [6.45, 7) is 8.41. The fraction of sp³-hybridized carbons (Fsp3) is 0.294. The van der Waals surface area contributed by atoms with Crippen molar-refractivity contribution in [3.8, 4) is 0 Å². The van der Waals surface area contributed by atoms with Gasteiger partial charge in [0.15, 0.2) is 0 Å². The van der Waals surface area contributed by atoms with Crippen LogP contribution in [0.4, 0.5) is 0 Å². The summed E-state index contributed by atoms with van der Waals surface area (Å²) in [5, 5.41) is 0. The molecule has 0 heterocycles. The third-order valence-corrected chi connectivity index (χ3v) is 2.80. The summed E-state index contributed by atoms with van der Waals surface area (Å²) in [5.41, 5.74) is 7.60. The molecular weight excluding hydrogens is 382 g/mol. The van der Waals surface area contributed by atoms with E-state index in [1.807, 2.05) is 0 Å². The van der Waals surface area contributed by atoms with E-state index in [9.17, 15) is 0 Å². The molecule has 0 nitrogen and oxygen atoms in total. The van der Waals surface area contributed by atoms with Gasteiger partial charge in [0.1, 0.15) is 0 Å². The molecule has 0 aliphatic heterocycles. The second-order valence-electron chi connectivity index (χ2n) is 4.89. The van der Waals surface area contributed by atoms with Crippen molar-refractivity contribution >= 4 is 0 Å². The van der Waals surface area contributed by atoms with Crippen LogP contribution < -0.4 is 0 Å². The fourth-order valence-electron chi connectivity index (χ4n) is 2.40. The first-order valence-electron chi connectivity index (χ1n) is 6.02. The molecule has 0 bridgehead atoms. The molecule has 0 unspecified atom stereocenters. The van der Waals surface area contributed by atoms with Crippen molar-refractivity contribution in [1.82, 2.24) is 0 Å². The van der Waals surface area contributed by atoms with Crippen LogP contribution in [0, 0.1) is 39.8 Å².